The Kier molecular flexibility index (Phi) is 4.05. The predicted molar refractivity (Wildman–Crippen MR) is 133 cm³/mol. The first-order valence-electron chi connectivity index (χ1n) is 11.2. The molecule has 0 heteroatoms. The molecule has 0 N–H and O–H groups in total. The zero-order valence-electron chi connectivity index (χ0n) is 18.0. The second-order valence-electron chi connectivity index (χ2n) is 9.46. The summed E-state index contributed by atoms with van der Waals surface area (Å²) >= 11 is 0. The van der Waals surface area contributed by atoms with Crippen molar-refractivity contribution in [1.82, 2.24) is 0 Å². The van der Waals surface area contributed by atoms with Crippen molar-refractivity contribution >= 4 is 21.5 Å². The molecule has 7 rings (SSSR count). The molecule has 0 spiro atoms. The lowest BCUT2D eigenvalue weighted by Gasteiger charge is -2.18. The zero-order valence-corrected chi connectivity index (χ0v) is 18.0. The lowest BCUT2D eigenvalue weighted by Crippen LogP contribution is -1.98. The molecular formula is C31H26. The van der Waals surface area contributed by atoms with Crippen molar-refractivity contribution < 1.29 is 0 Å². The van der Waals surface area contributed by atoms with E-state index in [9.17, 15) is 0 Å². The maximum absolute atomic E-state index is 2.40. The Hall–Kier alpha value is -3.38. The molecule has 0 nitrogen and oxygen atoms in total. The minimum absolute atomic E-state index is 0.433. The molecule has 2 aliphatic carbocycles. The van der Waals surface area contributed by atoms with E-state index in [-0.39, 0.29) is 0 Å². The molecule has 0 bridgehead atoms. The molecule has 2 unspecified atom stereocenters. The smallest absolute Gasteiger partial charge is 0.00240 e. The van der Waals surface area contributed by atoms with Gasteiger partial charge in [0.25, 0.3) is 0 Å². The summed E-state index contributed by atoms with van der Waals surface area (Å²) in [4.78, 5) is 0. The highest BCUT2D eigenvalue weighted by Crippen LogP contribution is 2.73. The van der Waals surface area contributed by atoms with Crippen molar-refractivity contribution in [2.75, 3.05) is 0 Å². The third-order valence-corrected chi connectivity index (χ3v) is 7.36. The van der Waals surface area contributed by atoms with Crippen LogP contribution in [0.3, 0.4) is 0 Å². The Morgan fingerprint density at radius 2 is 0.839 bits per heavy atom. The highest BCUT2D eigenvalue weighted by Gasteiger charge is 2.61. The van der Waals surface area contributed by atoms with Gasteiger partial charge in [0.05, 0.1) is 0 Å². The lowest BCUT2D eigenvalue weighted by atomic mass is 9.86. The maximum atomic E-state index is 2.40. The highest BCUT2D eigenvalue weighted by molar-refractivity contribution is 6.07. The van der Waals surface area contributed by atoms with Crippen molar-refractivity contribution in [3.05, 3.63) is 120 Å². The average Bonchev–Trinajstić information content (AvgIpc) is 3.42. The van der Waals surface area contributed by atoms with Crippen LogP contribution in [-0.2, 0) is 0 Å². The summed E-state index contributed by atoms with van der Waals surface area (Å²) in [6, 6.07) is 39.2. The van der Waals surface area contributed by atoms with Gasteiger partial charge in [0.2, 0.25) is 0 Å². The molecule has 1 saturated carbocycles. The van der Waals surface area contributed by atoms with Crippen LogP contribution in [0.15, 0.2) is 109 Å². The first-order chi connectivity index (χ1) is 15.2. The van der Waals surface area contributed by atoms with Crippen molar-refractivity contribution in [3.63, 3.8) is 0 Å². The fourth-order valence-corrected chi connectivity index (χ4v) is 5.78. The third kappa shape index (κ3) is 2.82. The van der Waals surface area contributed by atoms with Gasteiger partial charge >= 0.3 is 0 Å². The monoisotopic (exact) mass is 398 g/mol. The summed E-state index contributed by atoms with van der Waals surface area (Å²) in [5, 5.41) is 5.30. The largest absolute Gasteiger partial charge is 0.0619 e. The molecule has 0 saturated heterocycles. The summed E-state index contributed by atoms with van der Waals surface area (Å²) in [7, 11) is 0. The topological polar surface area (TPSA) is 0 Å². The van der Waals surface area contributed by atoms with E-state index in [1.807, 2.05) is 0 Å². The van der Waals surface area contributed by atoms with Gasteiger partial charge in [-0.15, -0.1) is 0 Å². The fourth-order valence-electron chi connectivity index (χ4n) is 5.78. The molecule has 31 heavy (non-hydrogen) atoms. The Bertz CT molecular complexity index is 1310. The van der Waals surface area contributed by atoms with Gasteiger partial charge in [-0.05, 0) is 61.0 Å². The van der Waals surface area contributed by atoms with Gasteiger partial charge in [0.15, 0.2) is 0 Å². The van der Waals surface area contributed by atoms with Crippen LogP contribution in [-0.4, -0.2) is 0 Å². The zero-order chi connectivity index (χ0) is 21.0. The molecule has 5 aromatic carbocycles. The van der Waals surface area contributed by atoms with Gasteiger partial charge in [0, 0.05) is 0 Å². The first-order valence-corrected chi connectivity index (χ1v) is 11.2. The number of rotatable bonds is 0. The van der Waals surface area contributed by atoms with Crippen LogP contribution in [0.2, 0.25) is 0 Å². The van der Waals surface area contributed by atoms with E-state index in [0.717, 1.165) is 11.8 Å². The van der Waals surface area contributed by atoms with E-state index < -0.39 is 0 Å². The SMILES string of the molecule is CC1(C)C2c3ccccc3-c3ccccc3C21.c1ccc2c(c1)ccc1ccccc12. The maximum Gasteiger partial charge on any atom is -0.00240 e. The third-order valence-electron chi connectivity index (χ3n) is 7.36. The average molecular weight is 399 g/mol. The normalized spacial score (nSPS) is 19.5. The Morgan fingerprint density at radius 1 is 0.452 bits per heavy atom. The molecule has 0 heterocycles. The van der Waals surface area contributed by atoms with E-state index >= 15 is 0 Å². The number of benzene rings is 5. The second-order valence-corrected chi connectivity index (χ2v) is 9.46. The van der Waals surface area contributed by atoms with E-state index in [4.69, 9.17) is 0 Å². The Labute approximate surface area is 184 Å². The minimum atomic E-state index is 0.433. The van der Waals surface area contributed by atoms with Crippen LogP contribution >= 0.6 is 0 Å². The summed E-state index contributed by atoms with van der Waals surface area (Å²) in [5.41, 5.74) is 6.45. The number of hydrogen-bond donors (Lipinski definition) is 0. The van der Waals surface area contributed by atoms with Gasteiger partial charge in [-0.2, -0.15) is 0 Å². The summed E-state index contributed by atoms with van der Waals surface area (Å²) in [6.45, 7) is 4.81. The van der Waals surface area contributed by atoms with E-state index in [1.54, 1.807) is 11.1 Å². The van der Waals surface area contributed by atoms with Crippen LogP contribution in [0.5, 0.6) is 0 Å². The molecule has 150 valence electrons. The summed E-state index contributed by atoms with van der Waals surface area (Å²) < 4.78 is 0. The van der Waals surface area contributed by atoms with Crippen molar-refractivity contribution in [2.45, 2.75) is 25.7 Å². The summed E-state index contributed by atoms with van der Waals surface area (Å²) in [5.74, 6) is 1.46. The molecule has 0 radical (unpaired) electrons. The minimum Gasteiger partial charge on any atom is -0.0619 e. The first kappa shape index (κ1) is 18.4. The van der Waals surface area contributed by atoms with Gasteiger partial charge in [-0.1, -0.05) is 123 Å². The standard InChI is InChI=1S/C17H16.C14H10/c1-17(2)15-13-9-5-3-7-11(13)12-8-4-6-10-14(12)16(15)17;1-3-7-13-11(5-1)9-10-12-6-2-4-8-14(12)13/h3-10,15-16H,1-2H3;1-10H. The second kappa shape index (κ2) is 6.82. The van der Waals surface area contributed by atoms with E-state index in [0.29, 0.717) is 5.41 Å². The molecule has 2 atom stereocenters. The molecule has 5 aromatic rings. The van der Waals surface area contributed by atoms with Crippen molar-refractivity contribution in [1.29, 1.82) is 0 Å². The van der Waals surface area contributed by atoms with Crippen LogP contribution in [0, 0.1) is 5.41 Å². The van der Waals surface area contributed by atoms with Gasteiger partial charge in [-0.25, -0.2) is 0 Å². The number of hydrogen-bond acceptors (Lipinski definition) is 0. The lowest BCUT2D eigenvalue weighted by molar-refractivity contribution is 0.604. The van der Waals surface area contributed by atoms with Gasteiger partial charge < -0.3 is 0 Å². The van der Waals surface area contributed by atoms with E-state index in [1.165, 1.54) is 32.7 Å². The molecule has 2 aliphatic rings. The van der Waals surface area contributed by atoms with Crippen LogP contribution in [0.4, 0.5) is 0 Å². The van der Waals surface area contributed by atoms with Crippen molar-refractivity contribution in [2.24, 2.45) is 5.41 Å². The van der Waals surface area contributed by atoms with Crippen LogP contribution in [0.25, 0.3) is 32.7 Å². The number of fused-ring (bicyclic) bond motifs is 9. The van der Waals surface area contributed by atoms with Crippen LogP contribution in [0.1, 0.15) is 36.8 Å². The molecule has 1 fully saturated rings. The van der Waals surface area contributed by atoms with Gasteiger partial charge in [-0.3, -0.25) is 0 Å². The van der Waals surface area contributed by atoms with Crippen molar-refractivity contribution in [3.8, 4) is 11.1 Å². The fraction of sp³-hybridized carbons (Fsp3) is 0.161. The Balaban J connectivity index is 0.000000122. The predicted octanol–water partition coefficient (Wildman–Crippen LogP) is 8.57. The molecule has 0 aliphatic heterocycles. The van der Waals surface area contributed by atoms with Crippen LogP contribution < -0.4 is 0 Å². The van der Waals surface area contributed by atoms with Gasteiger partial charge in [0.1, 0.15) is 0 Å². The summed E-state index contributed by atoms with van der Waals surface area (Å²) in [6.07, 6.45) is 0. The Morgan fingerprint density at radius 3 is 1.32 bits per heavy atom. The molecular weight excluding hydrogens is 372 g/mol. The quantitative estimate of drug-likeness (QED) is 0.229. The highest BCUT2D eigenvalue weighted by atomic mass is 14.6. The van der Waals surface area contributed by atoms with E-state index in [2.05, 4.69) is 123 Å². The molecule has 0 amide bonds. The molecule has 0 aromatic heterocycles.